The standard InChI is InChI=1S/C13H16O3S/c1-9(13(14)15)7-17(16)8-11-6-10-4-2-3-5-12(10)11/h2-5,9,11H,6-8H2,1H3,(H,14,15). The molecule has 1 aliphatic carbocycles. The number of carboxylic acid groups (broad SMARTS) is 1. The molecule has 1 aromatic rings. The fourth-order valence-electron chi connectivity index (χ4n) is 2.15. The summed E-state index contributed by atoms with van der Waals surface area (Å²) in [5.74, 6) is -0.186. The first-order valence-corrected chi connectivity index (χ1v) is 7.22. The van der Waals surface area contributed by atoms with Crippen molar-refractivity contribution in [2.45, 2.75) is 19.3 Å². The van der Waals surface area contributed by atoms with E-state index in [4.69, 9.17) is 5.11 Å². The van der Waals surface area contributed by atoms with Crippen LogP contribution in [0.5, 0.6) is 0 Å². The predicted octanol–water partition coefficient (Wildman–Crippen LogP) is 1.80. The molecule has 17 heavy (non-hydrogen) atoms. The van der Waals surface area contributed by atoms with Gasteiger partial charge in [-0.25, -0.2) is 0 Å². The number of hydrogen-bond donors (Lipinski definition) is 1. The molecule has 0 bridgehead atoms. The molecule has 3 unspecified atom stereocenters. The van der Waals surface area contributed by atoms with Crippen molar-refractivity contribution < 1.29 is 14.1 Å². The first kappa shape index (κ1) is 12.3. The Morgan fingerprint density at radius 2 is 2.24 bits per heavy atom. The summed E-state index contributed by atoms with van der Waals surface area (Å²) in [4.78, 5) is 10.7. The number of carbonyl (C=O) groups is 1. The summed E-state index contributed by atoms with van der Waals surface area (Å²) in [6, 6.07) is 8.17. The lowest BCUT2D eigenvalue weighted by Gasteiger charge is -2.29. The molecule has 0 aliphatic heterocycles. The van der Waals surface area contributed by atoms with E-state index in [2.05, 4.69) is 12.1 Å². The zero-order valence-corrected chi connectivity index (χ0v) is 10.6. The Morgan fingerprint density at radius 1 is 1.53 bits per heavy atom. The topological polar surface area (TPSA) is 54.4 Å². The van der Waals surface area contributed by atoms with E-state index in [-0.39, 0.29) is 5.75 Å². The van der Waals surface area contributed by atoms with E-state index < -0.39 is 22.7 Å². The number of benzene rings is 1. The second-order valence-electron chi connectivity index (χ2n) is 4.61. The number of hydrogen-bond acceptors (Lipinski definition) is 2. The van der Waals surface area contributed by atoms with Gasteiger partial charge in [0.2, 0.25) is 0 Å². The zero-order chi connectivity index (χ0) is 12.4. The van der Waals surface area contributed by atoms with Crippen LogP contribution in [0.2, 0.25) is 0 Å². The molecule has 0 saturated carbocycles. The van der Waals surface area contributed by atoms with Crippen LogP contribution in [0.25, 0.3) is 0 Å². The van der Waals surface area contributed by atoms with Crippen molar-refractivity contribution in [3.8, 4) is 0 Å². The van der Waals surface area contributed by atoms with Gasteiger partial charge in [-0.05, 0) is 23.5 Å². The molecule has 1 aromatic carbocycles. The van der Waals surface area contributed by atoms with Crippen molar-refractivity contribution in [3.05, 3.63) is 35.4 Å². The Morgan fingerprint density at radius 3 is 2.88 bits per heavy atom. The maximum absolute atomic E-state index is 11.8. The molecule has 1 N–H and O–H groups in total. The van der Waals surface area contributed by atoms with Gasteiger partial charge in [0.05, 0.1) is 5.92 Å². The zero-order valence-electron chi connectivity index (χ0n) is 9.76. The summed E-state index contributed by atoms with van der Waals surface area (Å²) in [6.45, 7) is 1.61. The lowest BCUT2D eigenvalue weighted by atomic mass is 9.79. The van der Waals surface area contributed by atoms with Crippen LogP contribution in [0, 0.1) is 5.92 Å². The summed E-state index contributed by atoms with van der Waals surface area (Å²) < 4.78 is 11.8. The molecule has 3 nitrogen and oxygen atoms in total. The summed E-state index contributed by atoms with van der Waals surface area (Å²) in [5.41, 5.74) is 2.62. The molecule has 0 amide bonds. The molecule has 1 aliphatic rings. The maximum atomic E-state index is 11.8. The molecule has 0 saturated heterocycles. The minimum atomic E-state index is -1.04. The van der Waals surface area contributed by atoms with Crippen LogP contribution in [0.1, 0.15) is 24.0 Å². The van der Waals surface area contributed by atoms with Crippen molar-refractivity contribution in [1.29, 1.82) is 0 Å². The highest BCUT2D eigenvalue weighted by Gasteiger charge is 2.27. The summed E-state index contributed by atoms with van der Waals surface area (Å²) in [6.07, 6.45) is 0.976. The van der Waals surface area contributed by atoms with Crippen LogP contribution in [0.4, 0.5) is 0 Å². The van der Waals surface area contributed by atoms with Gasteiger partial charge >= 0.3 is 5.97 Å². The van der Waals surface area contributed by atoms with Crippen LogP contribution < -0.4 is 0 Å². The van der Waals surface area contributed by atoms with E-state index in [0.717, 1.165) is 6.42 Å². The third kappa shape index (κ3) is 2.75. The molecular weight excluding hydrogens is 236 g/mol. The molecule has 0 fully saturated rings. The van der Waals surface area contributed by atoms with Crippen LogP contribution in [-0.4, -0.2) is 26.8 Å². The average Bonchev–Trinajstić information content (AvgIpc) is 2.25. The van der Waals surface area contributed by atoms with Gasteiger partial charge in [-0.1, -0.05) is 31.2 Å². The maximum Gasteiger partial charge on any atom is 0.307 e. The number of aliphatic carboxylic acids is 1. The predicted molar refractivity (Wildman–Crippen MR) is 67.6 cm³/mol. The minimum absolute atomic E-state index is 0.258. The smallest absolute Gasteiger partial charge is 0.307 e. The van der Waals surface area contributed by atoms with Gasteiger partial charge in [0.15, 0.2) is 0 Å². The molecule has 2 rings (SSSR count). The Balaban J connectivity index is 1.88. The Labute approximate surface area is 103 Å². The second-order valence-corrected chi connectivity index (χ2v) is 6.16. The molecular formula is C13H16O3S. The molecule has 4 heteroatoms. The molecule has 3 atom stereocenters. The summed E-state index contributed by atoms with van der Waals surface area (Å²) in [5, 5.41) is 8.76. The van der Waals surface area contributed by atoms with Crippen LogP contribution in [0.3, 0.4) is 0 Å². The largest absolute Gasteiger partial charge is 0.481 e. The van der Waals surface area contributed by atoms with Crippen molar-refractivity contribution in [2.75, 3.05) is 11.5 Å². The highest BCUT2D eigenvalue weighted by atomic mass is 32.2. The fraction of sp³-hybridized carbons (Fsp3) is 0.462. The van der Waals surface area contributed by atoms with Crippen molar-refractivity contribution in [2.24, 2.45) is 5.92 Å². The number of fused-ring (bicyclic) bond motifs is 1. The van der Waals surface area contributed by atoms with E-state index in [1.165, 1.54) is 11.1 Å². The van der Waals surface area contributed by atoms with E-state index in [1.807, 2.05) is 12.1 Å². The SMILES string of the molecule is CC(CS(=O)CC1Cc2ccccc21)C(=O)O. The van der Waals surface area contributed by atoms with E-state index in [1.54, 1.807) is 6.92 Å². The monoisotopic (exact) mass is 252 g/mol. The van der Waals surface area contributed by atoms with Crippen LogP contribution in [-0.2, 0) is 22.0 Å². The molecule has 0 radical (unpaired) electrons. The Kier molecular flexibility index (Phi) is 3.62. The first-order valence-electron chi connectivity index (χ1n) is 5.73. The molecule has 92 valence electrons. The van der Waals surface area contributed by atoms with Crippen molar-refractivity contribution in [1.82, 2.24) is 0 Å². The van der Waals surface area contributed by atoms with Gasteiger partial charge in [0.25, 0.3) is 0 Å². The van der Waals surface area contributed by atoms with Gasteiger partial charge < -0.3 is 5.11 Å². The molecule has 0 heterocycles. The second kappa shape index (κ2) is 5.00. The first-order chi connectivity index (χ1) is 8.08. The fourth-order valence-corrected chi connectivity index (χ4v) is 3.74. The van der Waals surface area contributed by atoms with Gasteiger partial charge in [-0.15, -0.1) is 0 Å². The Bertz CT molecular complexity index is 456. The van der Waals surface area contributed by atoms with Gasteiger partial charge in [0, 0.05) is 22.3 Å². The third-order valence-corrected chi connectivity index (χ3v) is 4.85. The van der Waals surface area contributed by atoms with E-state index in [0.29, 0.717) is 11.7 Å². The number of carboxylic acids is 1. The van der Waals surface area contributed by atoms with Crippen molar-refractivity contribution in [3.63, 3.8) is 0 Å². The lowest BCUT2D eigenvalue weighted by molar-refractivity contribution is -0.140. The van der Waals surface area contributed by atoms with Gasteiger partial charge in [-0.3, -0.25) is 9.00 Å². The minimum Gasteiger partial charge on any atom is -0.481 e. The third-order valence-electron chi connectivity index (χ3n) is 3.21. The van der Waals surface area contributed by atoms with Crippen LogP contribution >= 0.6 is 0 Å². The van der Waals surface area contributed by atoms with E-state index in [9.17, 15) is 9.00 Å². The average molecular weight is 252 g/mol. The van der Waals surface area contributed by atoms with Crippen LogP contribution in [0.15, 0.2) is 24.3 Å². The van der Waals surface area contributed by atoms with E-state index >= 15 is 0 Å². The number of rotatable bonds is 5. The highest BCUT2D eigenvalue weighted by Crippen LogP contribution is 2.35. The molecule has 0 spiro atoms. The summed E-state index contributed by atoms with van der Waals surface area (Å²) >= 11 is 0. The van der Waals surface area contributed by atoms with Gasteiger partial charge in [0.1, 0.15) is 0 Å². The molecule has 0 aromatic heterocycles. The normalized spacial score (nSPS) is 21.1. The lowest BCUT2D eigenvalue weighted by Crippen LogP contribution is -2.26. The summed E-state index contributed by atoms with van der Waals surface area (Å²) in [7, 11) is -1.04. The quantitative estimate of drug-likeness (QED) is 0.869. The van der Waals surface area contributed by atoms with Gasteiger partial charge in [-0.2, -0.15) is 0 Å². The Hall–Kier alpha value is -1.16. The van der Waals surface area contributed by atoms with Crippen molar-refractivity contribution >= 4 is 16.8 Å². The highest BCUT2D eigenvalue weighted by molar-refractivity contribution is 7.85.